The molecule has 2 aromatic rings. The molecule has 3 rings (SSSR count). The van der Waals surface area contributed by atoms with E-state index in [9.17, 15) is 18.4 Å². The molecule has 1 saturated heterocycles. The van der Waals surface area contributed by atoms with E-state index in [2.05, 4.69) is 5.32 Å². The molecule has 0 atom stereocenters. The van der Waals surface area contributed by atoms with E-state index in [4.69, 9.17) is 4.74 Å². The molecule has 2 amide bonds. The third kappa shape index (κ3) is 5.31. The number of rotatable bonds is 5. The number of likely N-dealkylation sites (tertiary alicyclic amines) is 1. The van der Waals surface area contributed by atoms with Gasteiger partial charge in [-0.3, -0.25) is 9.59 Å². The molecule has 1 aliphatic heterocycles. The highest BCUT2D eigenvalue weighted by Gasteiger charge is 2.26. The lowest BCUT2D eigenvalue weighted by Gasteiger charge is -2.32. The average Bonchev–Trinajstić information content (AvgIpc) is 2.69. The van der Waals surface area contributed by atoms with E-state index in [0.717, 1.165) is 23.3 Å². The molecule has 0 aliphatic carbocycles. The summed E-state index contributed by atoms with van der Waals surface area (Å²) >= 11 is 0. The molecule has 1 fully saturated rings. The summed E-state index contributed by atoms with van der Waals surface area (Å²) in [5.41, 5.74) is 2.11. The Bertz CT molecular complexity index is 909. The highest BCUT2D eigenvalue weighted by atomic mass is 19.1. The molecule has 1 heterocycles. The number of amides is 2. The highest BCUT2D eigenvalue weighted by Crippen LogP contribution is 2.18. The minimum Gasteiger partial charge on any atom is -0.484 e. The van der Waals surface area contributed by atoms with Crippen LogP contribution in [-0.2, 0) is 4.79 Å². The van der Waals surface area contributed by atoms with Crippen LogP contribution in [0.3, 0.4) is 0 Å². The minimum absolute atomic E-state index is 0.0760. The lowest BCUT2D eigenvalue weighted by atomic mass is 10.0. The Morgan fingerprint density at radius 3 is 2.45 bits per heavy atom. The van der Waals surface area contributed by atoms with E-state index in [0.29, 0.717) is 37.7 Å². The Labute approximate surface area is 168 Å². The zero-order valence-electron chi connectivity index (χ0n) is 16.5. The number of hydrogen-bond donors (Lipinski definition) is 1. The van der Waals surface area contributed by atoms with Crippen LogP contribution < -0.4 is 10.1 Å². The predicted octanol–water partition coefficient (Wildman–Crippen LogP) is 3.38. The summed E-state index contributed by atoms with van der Waals surface area (Å²) in [6.45, 7) is 4.68. The average molecular weight is 402 g/mol. The first-order valence-electron chi connectivity index (χ1n) is 9.57. The van der Waals surface area contributed by atoms with E-state index in [1.807, 2.05) is 32.0 Å². The van der Waals surface area contributed by atoms with Crippen molar-refractivity contribution in [2.45, 2.75) is 32.7 Å². The smallest absolute Gasteiger partial charge is 0.258 e. The normalized spacial score (nSPS) is 14.6. The largest absolute Gasteiger partial charge is 0.484 e. The van der Waals surface area contributed by atoms with Crippen LogP contribution in [0.25, 0.3) is 0 Å². The van der Waals surface area contributed by atoms with Crippen LogP contribution in [0, 0.1) is 25.5 Å². The zero-order chi connectivity index (χ0) is 21.0. The summed E-state index contributed by atoms with van der Waals surface area (Å²) in [6, 6.07) is 8.52. The van der Waals surface area contributed by atoms with E-state index in [1.165, 1.54) is 4.90 Å². The summed E-state index contributed by atoms with van der Waals surface area (Å²) in [4.78, 5) is 26.1. The standard InChI is InChI=1S/C22H24F2N2O3/c1-14-3-5-18(11-15(14)2)29-13-21(27)25-17-7-9-26(10-8-17)22(28)19-6-4-16(23)12-20(19)24/h3-6,11-12,17H,7-10,13H2,1-2H3,(H,25,27). The first-order valence-corrected chi connectivity index (χ1v) is 9.57. The van der Waals surface area contributed by atoms with Crippen molar-refractivity contribution in [2.24, 2.45) is 0 Å². The Morgan fingerprint density at radius 1 is 1.07 bits per heavy atom. The number of carbonyl (C=O) groups is 2. The van der Waals surface area contributed by atoms with Crippen molar-refractivity contribution < 1.29 is 23.1 Å². The van der Waals surface area contributed by atoms with Crippen LogP contribution in [0.1, 0.15) is 34.3 Å². The van der Waals surface area contributed by atoms with Gasteiger partial charge in [0.1, 0.15) is 17.4 Å². The quantitative estimate of drug-likeness (QED) is 0.834. The number of carbonyl (C=O) groups excluding carboxylic acids is 2. The van der Waals surface area contributed by atoms with Crippen LogP contribution in [0.5, 0.6) is 5.75 Å². The van der Waals surface area contributed by atoms with Crippen LogP contribution in [-0.4, -0.2) is 42.5 Å². The fourth-order valence-electron chi connectivity index (χ4n) is 3.28. The first-order chi connectivity index (χ1) is 13.8. The van der Waals surface area contributed by atoms with Gasteiger partial charge >= 0.3 is 0 Å². The molecule has 0 spiro atoms. The SMILES string of the molecule is Cc1ccc(OCC(=O)NC2CCN(C(=O)c3ccc(F)cc3F)CC2)cc1C. The number of nitrogens with zero attached hydrogens (tertiary/aromatic N) is 1. The third-order valence-corrected chi connectivity index (χ3v) is 5.16. The van der Waals surface area contributed by atoms with Gasteiger partial charge in [0.15, 0.2) is 6.61 Å². The maximum Gasteiger partial charge on any atom is 0.258 e. The van der Waals surface area contributed by atoms with Crippen LogP contribution in [0.2, 0.25) is 0 Å². The van der Waals surface area contributed by atoms with Crippen molar-refractivity contribution >= 4 is 11.8 Å². The number of halogens is 2. The van der Waals surface area contributed by atoms with Crippen molar-refractivity contribution in [3.8, 4) is 5.75 Å². The van der Waals surface area contributed by atoms with Crippen molar-refractivity contribution in [3.05, 3.63) is 64.7 Å². The van der Waals surface area contributed by atoms with Gasteiger partial charge in [0.05, 0.1) is 5.56 Å². The molecule has 29 heavy (non-hydrogen) atoms. The molecule has 5 nitrogen and oxygen atoms in total. The zero-order valence-corrected chi connectivity index (χ0v) is 16.5. The van der Waals surface area contributed by atoms with Crippen LogP contribution in [0.15, 0.2) is 36.4 Å². The predicted molar refractivity (Wildman–Crippen MR) is 105 cm³/mol. The van der Waals surface area contributed by atoms with Gasteiger partial charge in [0, 0.05) is 25.2 Å². The Kier molecular flexibility index (Phi) is 6.46. The molecule has 0 radical (unpaired) electrons. The number of hydrogen-bond acceptors (Lipinski definition) is 3. The Hall–Kier alpha value is -2.96. The Balaban J connectivity index is 1.46. The number of ether oxygens (including phenoxy) is 1. The summed E-state index contributed by atoms with van der Waals surface area (Å²) in [6.07, 6.45) is 1.12. The number of nitrogens with one attached hydrogen (secondary N) is 1. The summed E-state index contributed by atoms with van der Waals surface area (Å²) in [5, 5.41) is 2.91. The van der Waals surface area contributed by atoms with Gasteiger partial charge in [-0.1, -0.05) is 6.07 Å². The molecule has 1 N–H and O–H groups in total. The lowest BCUT2D eigenvalue weighted by molar-refractivity contribution is -0.124. The van der Waals surface area contributed by atoms with E-state index in [1.54, 1.807) is 0 Å². The molecule has 0 unspecified atom stereocenters. The van der Waals surface area contributed by atoms with Gasteiger partial charge in [-0.15, -0.1) is 0 Å². The number of piperidine rings is 1. The van der Waals surface area contributed by atoms with Crippen molar-refractivity contribution in [3.63, 3.8) is 0 Å². The minimum atomic E-state index is -0.867. The van der Waals surface area contributed by atoms with E-state index < -0.39 is 17.5 Å². The molecule has 2 aromatic carbocycles. The highest BCUT2D eigenvalue weighted by molar-refractivity contribution is 5.94. The van der Waals surface area contributed by atoms with E-state index in [-0.39, 0.29) is 24.1 Å². The second-order valence-electron chi connectivity index (χ2n) is 7.29. The molecule has 0 bridgehead atoms. The van der Waals surface area contributed by atoms with Crippen LogP contribution in [0.4, 0.5) is 8.78 Å². The topological polar surface area (TPSA) is 58.6 Å². The summed E-state index contributed by atoms with van der Waals surface area (Å²) < 4.78 is 32.4. The molecule has 154 valence electrons. The second kappa shape index (κ2) is 9.03. The molecule has 0 saturated carbocycles. The maximum atomic E-state index is 13.8. The Morgan fingerprint density at radius 2 is 1.79 bits per heavy atom. The molecule has 7 heteroatoms. The van der Waals surface area contributed by atoms with Gasteiger partial charge in [-0.05, 0) is 62.1 Å². The van der Waals surface area contributed by atoms with Gasteiger partial charge in [0.2, 0.25) is 0 Å². The maximum absolute atomic E-state index is 13.8. The molecular weight excluding hydrogens is 378 g/mol. The fourth-order valence-corrected chi connectivity index (χ4v) is 3.28. The van der Waals surface area contributed by atoms with Gasteiger partial charge < -0.3 is 15.0 Å². The lowest BCUT2D eigenvalue weighted by Crippen LogP contribution is -2.47. The molecular formula is C22H24F2N2O3. The summed E-state index contributed by atoms with van der Waals surface area (Å²) in [5.74, 6) is -1.63. The fraction of sp³-hybridized carbons (Fsp3) is 0.364. The van der Waals surface area contributed by atoms with Crippen LogP contribution >= 0.6 is 0 Å². The third-order valence-electron chi connectivity index (χ3n) is 5.16. The number of benzene rings is 2. The second-order valence-corrected chi connectivity index (χ2v) is 7.29. The van der Waals surface area contributed by atoms with Gasteiger partial charge in [-0.25, -0.2) is 8.78 Å². The van der Waals surface area contributed by atoms with Gasteiger partial charge in [0.25, 0.3) is 11.8 Å². The summed E-state index contributed by atoms with van der Waals surface area (Å²) in [7, 11) is 0. The monoisotopic (exact) mass is 402 g/mol. The molecule has 1 aliphatic rings. The van der Waals surface area contributed by atoms with Crippen molar-refractivity contribution in [1.82, 2.24) is 10.2 Å². The molecule has 0 aromatic heterocycles. The van der Waals surface area contributed by atoms with Crippen molar-refractivity contribution in [2.75, 3.05) is 19.7 Å². The van der Waals surface area contributed by atoms with Crippen molar-refractivity contribution in [1.29, 1.82) is 0 Å². The van der Waals surface area contributed by atoms with Gasteiger partial charge in [-0.2, -0.15) is 0 Å². The van der Waals surface area contributed by atoms with E-state index >= 15 is 0 Å². The first kappa shape index (κ1) is 20.8. The number of aryl methyl sites for hydroxylation is 2.